The summed E-state index contributed by atoms with van der Waals surface area (Å²) in [5, 5.41) is 0. The van der Waals surface area contributed by atoms with E-state index in [0.717, 1.165) is 25.7 Å². The molecule has 1 aromatic heterocycles. The summed E-state index contributed by atoms with van der Waals surface area (Å²) < 4.78 is 2.51. The van der Waals surface area contributed by atoms with E-state index in [4.69, 9.17) is 0 Å². The maximum atomic E-state index is 2.51. The van der Waals surface area contributed by atoms with Gasteiger partial charge in [0.05, 0.1) is 0 Å². The summed E-state index contributed by atoms with van der Waals surface area (Å²) in [4.78, 5) is 0. The Bertz CT molecular complexity index is 1010. The highest BCUT2D eigenvalue weighted by Crippen LogP contribution is 2.39. The minimum Gasteiger partial charge on any atom is -0.313 e. The second kappa shape index (κ2) is 6.17. The van der Waals surface area contributed by atoms with Crippen LogP contribution in [0, 0.1) is 6.92 Å². The molecule has 0 saturated heterocycles. The van der Waals surface area contributed by atoms with E-state index >= 15 is 0 Å². The first-order valence-electron chi connectivity index (χ1n) is 9.57. The quantitative estimate of drug-likeness (QED) is 0.522. The summed E-state index contributed by atoms with van der Waals surface area (Å²) in [5.74, 6) is 0. The average Bonchev–Trinajstić information content (AvgIpc) is 3.03. The lowest BCUT2D eigenvalue weighted by molar-refractivity contribution is 0.868. The standard InChI is InChI=1S/C25H23N/c1-18-11-14-21(15-12-18)26-24-10-6-5-9-22(24)23-16-13-20(17-25(23)26)19-7-3-2-4-8-19/h2-5,7-9,11-12,14-15,17H,6,10,13,16H2,1H3. The van der Waals surface area contributed by atoms with Crippen molar-refractivity contribution in [1.82, 2.24) is 4.57 Å². The first-order chi connectivity index (χ1) is 12.8. The van der Waals surface area contributed by atoms with Crippen LogP contribution in [-0.4, -0.2) is 4.57 Å². The van der Waals surface area contributed by atoms with Crippen molar-refractivity contribution in [2.75, 3.05) is 0 Å². The average molecular weight is 337 g/mol. The largest absolute Gasteiger partial charge is 0.313 e. The third kappa shape index (κ3) is 2.47. The molecule has 26 heavy (non-hydrogen) atoms. The Kier molecular flexibility index (Phi) is 3.67. The van der Waals surface area contributed by atoms with Gasteiger partial charge in [-0.2, -0.15) is 0 Å². The molecule has 2 aliphatic rings. The fraction of sp³-hybridized carbons (Fsp3) is 0.200. The van der Waals surface area contributed by atoms with Crippen LogP contribution < -0.4 is 0 Å². The molecule has 0 atom stereocenters. The van der Waals surface area contributed by atoms with Crippen LogP contribution in [-0.2, 0) is 12.8 Å². The van der Waals surface area contributed by atoms with Gasteiger partial charge in [0.1, 0.15) is 0 Å². The zero-order valence-electron chi connectivity index (χ0n) is 15.2. The van der Waals surface area contributed by atoms with Crippen molar-refractivity contribution in [1.29, 1.82) is 0 Å². The number of nitrogens with zero attached hydrogens (tertiary/aromatic N) is 1. The van der Waals surface area contributed by atoms with Crippen molar-refractivity contribution in [2.45, 2.75) is 32.6 Å². The summed E-state index contributed by atoms with van der Waals surface area (Å²) >= 11 is 0. The van der Waals surface area contributed by atoms with E-state index in [0.29, 0.717) is 0 Å². The van der Waals surface area contributed by atoms with Crippen LogP contribution in [0.15, 0.2) is 60.7 Å². The molecule has 0 N–H and O–H groups in total. The Hall–Kier alpha value is -2.80. The van der Waals surface area contributed by atoms with Crippen LogP contribution >= 0.6 is 0 Å². The molecule has 1 heteroatoms. The number of rotatable bonds is 2. The number of hydrogen-bond acceptors (Lipinski definition) is 0. The molecule has 1 heterocycles. The minimum absolute atomic E-state index is 1.12. The lowest BCUT2D eigenvalue weighted by Crippen LogP contribution is -2.05. The van der Waals surface area contributed by atoms with Gasteiger partial charge in [-0.1, -0.05) is 60.2 Å². The Balaban J connectivity index is 1.74. The smallest absolute Gasteiger partial charge is 0.0500 e. The van der Waals surface area contributed by atoms with Gasteiger partial charge >= 0.3 is 0 Å². The molecule has 2 aliphatic carbocycles. The topological polar surface area (TPSA) is 4.93 Å². The van der Waals surface area contributed by atoms with Crippen molar-refractivity contribution in [2.24, 2.45) is 0 Å². The van der Waals surface area contributed by atoms with Gasteiger partial charge in [-0.05, 0) is 73.1 Å². The zero-order valence-corrected chi connectivity index (χ0v) is 15.2. The third-order valence-electron chi connectivity index (χ3n) is 5.68. The summed E-state index contributed by atoms with van der Waals surface area (Å²) in [6.45, 7) is 2.15. The number of aryl methyl sites for hydroxylation is 1. The van der Waals surface area contributed by atoms with Crippen molar-refractivity contribution >= 4 is 17.7 Å². The molecule has 1 nitrogen and oxygen atoms in total. The van der Waals surface area contributed by atoms with Crippen molar-refractivity contribution < 1.29 is 0 Å². The van der Waals surface area contributed by atoms with Crippen LogP contribution in [0.25, 0.3) is 23.4 Å². The molecule has 0 saturated carbocycles. The molecule has 0 fully saturated rings. The maximum Gasteiger partial charge on any atom is 0.0500 e. The van der Waals surface area contributed by atoms with Crippen LogP contribution in [0.4, 0.5) is 0 Å². The SMILES string of the molecule is Cc1ccc(-n2c3c(c4c2CCC=C4)CCC(c2ccccc2)=C3)cc1. The summed E-state index contributed by atoms with van der Waals surface area (Å²) in [6.07, 6.45) is 11.6. The number of fused-ring (bicyclic) bond motifs is 3. The molecular weight excluding hydrogens is 314 g/mol. The van der Waals surface area contributed by atoms with E-state index < -0.39 is 0 Å². The molecule has 5 rings (SSSR count). The van der Waals surface area contributed by atoms with E-state index in [1.54, 1.807) is 0 Å². The zero-order chi connectivity index (χ0) is 17.5. The Morgan fingerprint density at radius 2 is 1.65 bits per heavy atom. The summed E-state index contributed by atoms with van der Waals surface area (Å²) in [5.41, 5.74) is 11.3. The van der Waals surface area contributed by atoms with E-state index in [2.05, 4.69) is 84.3 Å². The maximum absolute atomic E-state index is 2.51. The number of aromatic nitrogens is 1. The van der Waals surface area contributed by atoms with Crippen LogP contribution in [0.2, 0.25) is 0 Å². The molecule has 2 aromatic carbocycles. The van der Waals surface area contributed by atoms with Crippen molar-refractivity contribution in [3.8, 4) is 5.69 Å². The van der Waals surface area contributed by atoms with Gasteiger partial charge in [0.25, 0.3) is 0 Å². The Morgan fingerprint density at radius 1 is 0.846 bits per heavy atom. The van der Waals surface area contributed by atoms with Gasteiger partial charge in [-0.25, -0.2) is 0 Å². The second-order valence-electron chi connectivity index (χ2n) is 7.37. The highest BCUT2D eigenvalue weighted by atomic mass is 15.0. The molecule has 0 bridgehead atoms. The van der Waals surface area contributed by atoms with Crippen molar-refractivity contribution in [3.05, 3.63) is 94.3 Å². The Labute approximate surface area is 155 Å². The normalized spacial score (nSPS) is 15.3. The minimum atomic E-state index is 1.12. The Morgan fingerprint density at radius 3 is 2.46 bits per heavy atom. The number of hydrogen-bond donors (Lipinski definition) is 0. The lowest BCUT2D eigenvalue weighted by atomic mass is 9.89. The first-order valence-corrected chi connectivity index (χ1v) is 9.57. The first kappa shape index (κ1) is 15.5. The van der Waals surface area contributed by atoms with Gasteiger partial charge in [0.2, 0.25) is 0 Å². The molecule has 0 amide bonds. The molecule has 0 radical (unpaired) electrons. The van der Waals surface area contributed by atoms with Crippen LogP contribution in [0.5, 0.6) is 0 Å². The van der Waals surface area contributed by atoms with Gasteiger partial charge in [0, 0.05) is 17.1 Å². The highest BCUT2D eigenvalue weighted by Gasteiger charge is 2.25. The lowest BCUT2D eigenvalue weighted by Gasteiger charge is -2.18. The number of allylic oxidation sites excluding steroid dienone is 2. The van der Waals surface area contributed by atoms with Gasteiger partial charge in [0.15, 0.2) is 0 Å². The third-order valence-corrected chi connectivity index (χ3v) is 5.68. The van der Waals surface area contributed by atoms with Crippen LogP contribution in [0.3, 0.4) is 0 Å². The monoisotopic (exact) mass is 337 g/mol. The molecule has 0 unspecified atom stereocenters. The van der Waals surface area contributed by atoms with E-state index in [1.807, 2.05) is 0 Å². The van der Waals surface area contributed by atoms with Gasteiger partial charge in [-0.3, -0.25) is 0 Å². The van der Waals surface area contributed by atoms with Gasteiger partial charge < -0.3 is 4.57 Å². The van der Waals surface area contributed by atoms with E-state index in [9.17, 15) is 0 Å². The molecule has 0 aliphatic heterocycles. The van der Waals surface area contributed by atoms with E-state index in [-0.39, 0.29) is 0 Å². The second-order valence-corrected chi connectivity index (χ2v) is 7.37. The fourth-order valence-electron chi connectivity index (χ4n) is 4.36. The van der Waals surface area contributed by atoms with E-state index in [1.165, 1.54) is 44.9 Å². The molecule has 0 spiro atoms. The fourth-order valence-corrected chi connectivity index (χ4v) is 4.36. The molecule has 3 aromatic rings. The van der Waals surface area contributed by atoms with Crippen molar-refractivity contribution in [3.63, 3.8) is 0 Å². The predicted octanol–water partition coefficient (Wildman–Crippen LogP) is 6.23. The summed E-state index contributed by atoms with van der Waals surface area (Å²) in [6, 6.07) is 19.8. The number of benzene rings is 2. The molecule has 128 valence electrons. The predicted molar refractivity (Wildman–Crippen MR) is 110 cm³/mol. The van der Waals surface area contributed by atoms with Gasteiger partial charge in [-0.15, -0.1) is 0 Å². The van der Waals surface area contributed by atoms with Crippen LogP contribution in [0.1, 0.15) is 46.5 Å². The summed E-state index contributed by atoms with van der Waals surface area (Å²) in [7, 11) is 0. The highest BCUT2D eigenvalue weighted by molar-refractivity contribution is 5.86. The molecular formula is C25H23N.